The van der Waals surface area contributed by atoms with Gasteiger partial charge in [0.05, 0.1) is 24.6 Å². The first-order chi connectivity index (χ1) is 7.83. The second kappa shape index (κ2) is 4.14. The minimum absolute atomic E-state index is 0.863. The second-order valence-electron chi connectivity index (χ2n) is 3.64. The Balaban J connectivity index is 1.86. The molecule has 1 aromatic heterocycles. The van der Waals surface area contributed by atoms with Crippen LogP contribution < -0.4 is 4.90 Å². The Kier molecular flexibility index (Phi) is 2.65. The van der Waals surface area contributed by atoms with Crippen LogP contribution in [0.3, 0.4) is 0 Å². The van der Waals surface area contributed by atoms with E-state index in [2.05, 4.69) is 48.6 Å². The highest BCUT2D eigenvalue weighted by Crippen LogP contribution is 2.40. The van der Waals surface area contributed by atoms with Gasteiger partial charge in [0, 0.05) is 21.8 Å². The van der Waals surface area contributed by atoms with E-state index in [9.17, 15) is 0 Å². The first-order valence-electron chi connectivity index (χ1n) is 4.96. The number of benzene rings is 1. The number of nitrogens with zero attached hydrogens (tertiary/aromatic N) is 3. The molecule has 16 heavy (non-hydrogen) atoms. The lowest BCUT2D eigenvalue weighted by Crippen LogP contribution is -2.21. The SMILES string of the molecule is Brc1ccc2c(c1)SCN2Cn1ccnc1. The van der Waals surface area contributed by atoms with E-state index in [0.717, 1.165) is 17.0 Å². The van der Waals surface area contributed by atoms with Gasteiger partial charge in [0.2, 0.25) is 0 Å². The summed E-state index contributed by atoms with van der Waals surface area (Å²) in [6.45, 7) is 0.863. The molecule has 0 bridgehead atoms. The average Bonchev–Trinajstić information content (AvgIpc) is 2.89. The molecule has 1 aromatic carbocycles. The minimum Gasteiger partial charge on any atom is -0.343 e. The molecule has 0 radical (unpaired) electrons. The van der Waals surface area contributed by atoms with Crippen molar-refractivity contribution < 1.29 is 0 Å². The van der Waals surface area contributed by atoms with Crippen LogP contribution in [0.1, 0.15) is 0 Å². The normalized spacial score (nSPS) is 14.2. The zero-order valence-electron chi connectivity index (χ0n) is 8.51. The predicted molar refractivity (Wildman–Crippen MR) is 69.6 cm³/mol. The van der Waals surface area contributed by atoms with Gasteiger partial charge in [-0.3, -0.25) is 0 Å². The lowest BCUT2D eigenvalue weighted by Gasteiger charge is -2.18. The van der Waals surface area contributed by atoms with Crippen LogP contribution >= 0.6 is 27.7 Å². The van der Waals surface area contributed by atoms with Gasteiger partial charge in [-0.05, 0) is 18.2 Å². The molecule has 0 saturated carbocycles. The van der Waals surface area contributed by atoms with Gasteiger partial charge in [-0.2, -0.15) is 0 Å². The zero-order valence-corrected chi connectivity index (χ0v) is 10.9. The highest BCUT2D eigenvalue weighted by molar-refractivity contribution is 9.10. The third-order valence-corrected chi connectivity index (χ3v) is 4.10. The molecule has 0 aliphatic carbocycles. The maximum Gasteiger partial charge on any atom is 0.0963 e. The summed E-state index contributed by atoms with van der Waals surface area (Å²) in [5, 5.41) is 0. The molecule has 1 aliphatic heterocycles. The number of aromatic nitrogens is 2. The summed E-state index contributed by atoms with van der Waals surface area (Å²) in [7, 11) is 0. The molecule has 0 spiro atoms. The highest BCUT2D eigenvalue weighted by Gasteiger charge is 2.19. The number of thioether (sulfide) groups is 1. The summed E-state index contributed by atoms with van der Waals surface area (Å²) in [5.41, 5.74) is 1.31. The van der Waals surface area contributed by atoms with Crippen molar-refractivity contribution in [3.05, 3.63) is 41.4 Å². The van der Waals surface area contributed by atoms with Crippen LogP contribution in [0.5, 0.6) is 0 Å². The molecule has 3 nitrogen and oxygen atoms in total. The number of imidazole rings is 1. The highest BCUT2D eigenvalue weighted by atomic mass is 79.9. The van der Waals surface area contributed by atoms with Crippen molar-refractivity contribution in [1.29, 1.82) is 0 Å². The summed E-state index contributed by atoms with van der Waals surface area (Å²) in [6.07, 6.45) is 5.65. The Morgan fingerprint density at radius 1 is 1.44 bits per heavy atom. The van der Waals surface area contributed by atoms with Gasteiger partial charge in [-0.25, -0.2) is 4.98 Å². The maximum atomic E-state index is 4.06. The third-order valence-electron chi connectivity index (χ3n) is 2.53. The van der Waals surface area contributed by atoms with Crippen LogP contribution in [0.25, 0.3) is 0 Å². The van der Waals surface area contributed by atoms with Gasteiger partial charge in [-0.1, -0.05) is 15.9 Å². The van der Waals surface area contributed by atoms with Crippen LogP contribution in [-0.2, 0) is 6.67 Å². The number of halogens is 1. The lowest BCUT2D eigenvalue weighted by molar-refractivity contribution is 0.678. The van der Waals surface area contributed by atoms with E-state index in [0.29, 0.717) is 0 Å². The molecule has 82 valence electrons. The van der Waals surface area contributed by atoms with Gasteiger partial charge >= 0.3 is 0 Å². The minimum atomic E-state index is 0.863. The standard InChI is InChI=1S/C11H10BrN3S/c12-9-1-2-10-11(5-9)16-8-15(10)7-14-4-3-13-6-14/h1-6H,7-8H2. The van der Waals surface area contributed by atoms with E-state index in [-0.39, 0.29) is 0 Å². The monoisotopic (exact) mass is 295 g/mol. The first-order valence-corrected chi connectivity index (χ1v) is 6.74. The molecule has 0 fully saturated rings. The fourth-order valence-corrected chi connectivity index (χ4v) is 3.35. The number of fused-ring (bicyclic) bond motifs is 1. The van der Waals surface area contributed by atoms with Crippen molar-refractivity contribution >= 4 is 33.4 Å². The van der Waals surface area contributed by atoms with E-state index in [1.165, 1.54) is 10.6 Å². The van der Waals surface area contributed by atoms with Crippen LogP contribution in [0.2, 0.25) is 0 Å². The Morgan fingerprint density at radius 2 is 2.38 bits per heavy atom. The van der Waals surface area contributed by atoms with E-state index in [1.807, 2.05) is 30.5 Å². The topological polar surface area (TPSA) is 21.1 Å². The van der Waals surface area contributed by atoms with E-state index >= 15 is 0 Å². The summed E-state index contributed by atoms with van der Waals surface area (Å²) in [5.74, 6) is 1.00. The molecule has 3 rings (SSSR count). The largest absolute Gasteiger partial charge is 0.343 e. The van der Waals surface area contributed by atoms with Crippen molar-refractivity contribution in [1.82, 2.24) is 9.55 Å². The van der Waals surface area contributed by atoms with Crippen LogP contribution in [0.15, 0.2) is 46.3 Å². The van der Waals surface area contributed by atoms with Gasteiger partial charge in [0.1, 0.15) is 0 Å². The summed E-state index contributed by atoms with van der Waals surface area (Å²) < 4.78 is 3.22. The Labute approximate surface area is 107 Å². The number of hydrogen-bond acceptors (Lipinski definition) is 3. The fraction of sp³-hybridized carbons (Fsp3) is 0.182. The molecule has 2 heterocycles. The van der Waals surface area contributed by atoms with Gasteiger partial charge in [-0.15, -0.1) is 11.8 Å². The average molecular weight is 296 g/mol. The van der Waals surface area contributed by atoms with Crippen molar-refractivity contribution in [2.24, 2.45) is 0 Å². The number of rotatable bonds is 2. The van der Waals surface area contributed by atoms with Crippen LogP contribution in [0.4, 0.5) is 5.69 Å². The van der Waals surface area contributed by atoms with Crippen LogP contribution in [-0.4, -0.2) is 15.4 Å². The number of anilines is 1. The summed E-state index contributed by atoms with van der Waals surface area (Å²) in [6, 6.07) is 6.43. The van der Waals surface area contributed by atoms with E-state index in [4.69, 9.17) is 0 Å². The molecule has 0 saturated heterocycles. The van der Waals surface area contributed by atoms with Gasteiger partial charge in [0.25, 0.3) is 0 Å². The molecule has 0 amide bonds. The smallest absolute Gasteiger partial charge is 0.0963 e. The van der Waals surface area contributed by atoms with Crippen LogP contribution in [0, 0.1) is 0 Å². The summed E-state index contributed by atoms with van der Waals surface area (Å²) in [4.78, 5) is 7.74. The number of hydrogen-bond donors (Lipinski definition) is 0. The van der Waals surface area contributed by atoms with Crippen molar-refractivity contribution in [3.63, 3.8) is 0 Å². The van der Waals surface area contributed by atoms with E-state index in [1.54, 1.807) is 0 Å². The molecular weight excluding hydrogens is 286 g/mol. The van der Waals surface area contributed by atoms with Gasteiger partial charge in [0.15, 0.2) is 0 Å². The van der Waals surface area contributed by atoms with Crippen molar-refractivity contribution in [2.45, 2.75) is 11.6 Å². The molecule has 1 aliphatic rings. The molecule has 0 atom stereocenters. The Hall–Kier alpha value is -0.940. The third kappa shape index (κ3) is 1.85. The van der Waals surface area contributed by atoms with Gasteiger partial charge < -0.3 is 9.47 Å². The van der Waals surface area contributed by atoms with Crippen molar-refractivity contribution in [2.75, 3.05) is 10.8 Å². The first kappa shape index (κ1) is 10.2. The molecular formula is C11H10BrN3S. The van der Waals surface area contributed by atoms with Crippen molar-refractivity contribution in [3.8, 4) is 0 Å². The second-order valence-corrected chi connectivity index (χ2v) is 5.55. The quantitative estimate of drug-likeness (QED) is 0.849. The fourth-order valence-electron chi connectivity index (χ4n) is 1.77. The molecule has 5 heteroatoms. The molecule has 2 aromatic rings. The molecule has 0 unspecified atom stereocenters. The maximum absolute atomic E-state index is 4.06. The Bertz CT molecular complexity index is 498. The molecule has 0 N–H and O–H groups in total. The van der Waals surface area contributed by atoms with E-state index < -0.39 is 0 Å². The predicted octanol–water partition coefficient (Wildman–Crippen LogP) is 3.17. The zero-order chi connectivity index (χ0) is 11.0. The summed E-state index contributed by atoms with van der Waals surface area (Å²) >= 11 is 5.37. The Morgan fingerprint density at radius 3 is 3.19 bits per heavy atom. The lowest BCUT2D eigenvalue weighted by atomic mass is 10.3.